The van der Waals surface area contributed by atoms with Crippen molar-refractivity contribution >= 4 is 22.7 Å². The highest BCUT2D eigenvalue weighted by Gasteiger charge is 2.30. The Morgan fingerprint density at radius 1 is 0.914 bits per heavy atom. The van der Waals surface area contributed by atoms with Crippen molar-refractivity contribution < 1.29 is 9.53 Å². The molecular weight excluding hydrogens is 436 g/mol. The van der Waals surface area contributed by atoms with Crippen LogP contribution in [0.3, 0.4) is 0 Å². The second-order valence-corrected chi connectivity index (χ2v) is 9.46. The van der Waals surface area contributed by atoms with Gasteiger partial charge in [0.2, 0.25) is 0 Å². The minimum atomic E-state index is -0.318. The lowest BCUT2D eigenvalue weighted by molar-refractivity contribution is 0.0600. The number of hydrogen-bond donors (Lipinski definition) is 0. The first-order valence-corrected chi connectivity index (χ1v) is 12.2. The van der Waals surface area contributed by atoms with Gasteiger partial charge in [-0.3, -0.25) is 4.90 Å². The Hall–Kier alpha value is -3.64. The van der Waals surface area contributed by atoms with E-state index in [1.807, 2.05) is 30.5 Å². The maximum Gasteiger partial charge on any atom is 0.337 e. The van der Waals surface area contributed by atoms with Gasteiger partial charge in [-0.05, 0) is 49.2 Å². The Balaban J connectivity index is 1.34. The average Bonchev–Trinajstić information content (AvgIpc) is 3.29. The smallest absolute Gasteiger partial charge is 0.337 e. The lowest BCUT2D eigenvalue weighted by Crippen LogP contribution is -2.56. The number of anilines is 1. The van der Waals surface area contributed by atoms with Crippen LogP contribution >= 0.6 is 0 Å². The fourth-order valence-electron chi connectivity index (χ4n) is 5.20. The summed E-state index contributed by atoms with van der Waals surface area (Å²) in [4.78, 5) is 21.5. The number of carbonyl (C=O) groups excluding carboxylic acids is 1. The molecule has 1 aliphatic heterocycles. The predicted molar refractivity (Wildman–Crippen MR) is 140 cm³/mol. The summed E-state index contributed by atoms with van der Waals surface area (Å²) >= 11 is 0. The molecule has 0 radical (unpaired) electrons. The van der Waals surface area contributed by atoms with Crippen LogP contribution in [-0.2, 0) is 17.8 Å². The zero-order chi connectivity index (χ0) is 24.4. The van der Waals surface area contributed by atoms with E-state index in [1.54, 1.807) is 0 Å². The summed E-state index contributed by atoms with van der Waals surface area (Å²) in [5.41, 5.74) is 5.25. The third-order valence-corrected chi connectivity index (χ3v) is 7.02. The van der Waals surface area contributed by atoms with Gasteiger partial charge in [-0.2, -0.15) is 0 Å². The summed E-state index contributed by atoms with van der Waals surface area (Å²) < 4.78 is 6.97. The summed E-state index contributed by atoms with van der Waals surface area (Å²) in [6.45, 7) is 8.29. The predicted octanol–water partition coefficient (Wildman–Crippen LogP) is 4.97. The number of carbonyl (C=O) groups is 1. The molecule has 35 heavy (non-hydrogen) atoms. The molecule has 0 aliphatic carbocycles. The molecule has 0 amide bonds. The van der Waals surface area contributed by atoms with Crippen molar-refractivity contribution in [3.8, 4) is 0 Å². The van der Waals surface area contributed by atoms with Crippen molar-refractivity contribution in [1.29, 1.82) is 0 Å². The molecule has 3 heterocycles. The summed E-state index contributed by atoms with van der Waals surface area (Å²) in [5.74, 6) is -0.318. The molecule has 4 aromatic rings. The summed E-state index contributed by atoms with van der Waals surface area (Å²) in [5, 5.41) is 1.18. The molecule has 6 heteroatoms. The van der Waals surface area contributed by atoms with Gasteiger partial charge in [0, 0.05) is 61.7 Å². The second kappa shape index (κ2) is 9.92. The van der Waals surface area contributed by atoms with Crippen LogP contribution in [0.1, 0.15) is 35.3 Å². The van der Waals surface area contributed by atoms with Crippen LogP contribution in [0.2, 0.25) is 0 Å². The molecule has 0 N–H and O–H groups in total. The van der Waals surface area contributed by atoms with E-state index in [0.717, 1.165) is 30.8 Å². The van der Waals surface area contributed by atoms with Gasteiger partial charge in [-0.25, -0.2) is 9.78 Å². The Bertz CT molecular complexity index is 1290. The van der Waals surface area contributed by atoms with Gasteiger partial charge < -0.3 is 14.2 Å². The van der Waals surface area contributed by atoms with E-state index in [9.17, 15) is 4.79 Å². The highest BCUT2D eigenvalue weighted by molar-refractivity contribution is 5.90. The summed E-state index contributed by atoms with van der Waals surface area (Å²) in [7, 11) is 1.40. The van der Waals surface area contributed by atoms with Crippen LogP contribution in [0.25, 0.3) is 11.0 Å². The summed E-state index contributed by atoms with van der Waals surface area (Å²) in [6, 6.07) is 23.5. The molecule has 5 rings (SSSR count). The highest BCUT2D eigenvalue weighted by atomic mass is 16.5. The molecule has 1 saturated heterocycles. The largest absolute Gasteiger partial charge is 0.465 e. The first-order chi connectivity index (χ1) is 17.0. The maximum atomic E-state index is 11.7. The molecule has 0 bridgehead atoms. The van der Waals surface area contributed by atoms with E-state index in [4.69, 9.17) is 9.72 Å². The fraction of sp³-hybridized carbons (Fsp3) is 0.310. The van der Waals surface area contributed by atoms with Gasteiger partial charge in [0.25, 0.3) is 0 Å². The van der Waals surface area contributed by atoms with Crippen molar-refractivity contribution in [1.82, 2.24) is 14.5 Å². The number of ether oxygens (including phenoxy) is 1. The molecule has 2 aromatic carbocycles. The monoisotopic (exact) mass is 468 g/mol. The minimum absolute atomic E-state index is 0.318. The lowest BCUT2D eigenvalue weighted by atomic mass is 10.0. The molecule has 2 atom stereocenters. The van der Waals surface area contributed by atoms with Gasteiger partial charge in [0.1, 0.15) is 5.65 Å². The number of piperazine rings is 1. The molecule has 180 valence electrons. The van der Waals surface area contributed by atoms with Gasteiger partial charge in [0.05, 0.1) is 12.7 Å². The van der Waals surface area contributed by atoms with E-state index in [-0.39, 0.29) is 5.97 Å². The Morgan fingerprint density at radius 2 is 1.60 bits per heavy atom. The Morgan fingerprint density at radius 3 is 2.29 bits per heavy atom. The molecule has 0 saturated carbocycles. The van der Waals surface area contributed by atoms with Crippen LogP contribution in [0.15, 0.2) is 79.1 Å². The van der Waals surface area contributed by atoms with E-state index >= 15 is 0 Å². The van der Waals surface area contributed by atoms with Crippen molar-refractivity contribution in [2.24, 2.45) is 0 Å². The molecule has 2 unspecified atom stereocenters. The van der Waals surface area contributed by atoms with Crippen LogP contribution in [0, 0.1) is 0 Å². The zero-order valence-electron chi connectivity index (χ0n) is 20.6. The van der Waals surface area contributed by atoms with Crippen LogP contribution < -0.4 is 4.90 Å². The van der Waals surface area contributed by atoms with Gasteiger partial charge in [0.15, 0.2) is 0 Å². The number of nitrogens with zero attached hydrogens (tertiary/aromatic N) is 4. The van der Waals surface area contributed by atoms with Crippen molar-refractivity contribution in [3.63, 3.8) is 0 Å². The quantitative estimate of drug-likeness (QED) is 0.374. The topological polar surface area (TPSA) is 50.6 Å². The zero-order valence-corrected chi connectivity index (χ0v) is 20.6. The second-order valence-electron chi connectivity index (χ2n) is 9.46. The molecule has 1 aliphatic rings. The highest BCUT2D eigenvalue weighted by Crippen LogP contribution is 2.30. The number of hydrogen-bond acceptors (Lipinski definition) is 5. The van der Waals surface area contributed by atoms with Gasteiger partial charge >= 0.3 is 5.97 Å². The third kappa shape index (κ3) is 4.80. The average molecular weight is 469 g/mol. The van der Waals surface area contributed by atoms with Crippen LogP contribution in [0.4, 0.5) is 5.69 Å². The molecule has 6 nitrogen and oxygen atoms in total. The van der Waals surface area contributed by atoms with Crippen molar-refractivity contribution in [2.45, 2.75) is 39.0 Å². The summed E-state index contributed by atoms with van der Waals surface area (Å²) in [6.07, 6.45) is 4.02. The fourth-order valence-corrected chi connectivity index (χ4v) is 5.20. The molecule has 2 aromatic heterocycles. The number of pyridine rings is 1. The number of aromatic nitrogens is 2. The number of esters is 1. The van der Waals surface area contributed by atoms with E-state index in [0.29, 0.717) is 24.2 Å². The number of methoxy groups -OCH3 is 1. The Labute approximate surface area is 206 Å². The Kier molecular flexibility index (Phi) is 6.55. The van der Waals surface area contributed by atoms with E-state index in [2.05, 4.69) is 76.9 Å². The molecule has 1 fully saturated rings. The number of rotatable bonds is 6. The maximum absolute atomic E-state index is 11.7. The number of fused-ring (bicyclic) bond motifs is 1. The molecular formula is C29H32N4O2. The normalized spacial score (nSPS) is 18.7. The van der Waals surface area contributed by atoms with E-state index < -0.39 is 0 Å². The van der Waals surface area contributed by atoms with Crippen LogP contribution in [-0.4, -0.2) is 52.7 Å². The number of benzene rings is 2. The first-order valence-electron chi connectivity index (χ1n) is 12.2. The minimum Gasteiger partial charge on any atom is -0.465 e. The standard InChI is InChI=1S/C29H32N4O2/c1-21-17-32(18-22(2)33(21)20-23-7-5-4-6-8-23)27-13-15-30-28-26(27)14-16-31(28)19-24-9-11-25(12-10-24)29(34)35-3/h4-16,21-22H,17-20H2,1-3H3. The molecule has 0 spiro atoms. The van der Waals surface area contributed by atoms with Gasteiger partial charge in [-0.15, -0.1) is 0 Å². The van der Waals surface area contributed by atoms with Crippen LogP contribution in [0.5, 0.6) is 0 Å². The van der Waals surface area contributed by atoms with Crippen molar-refractivity contribution in [3.05, 3.63) is 95.8 Å². The van der Waals surface area contributed by atoms with Gasteiger partial charge in [-0.1, -0.05) is 42.5 Å². The van der Waals surface area contributed by atoms with Crippen molar-refractivity contribution in [2.75, 3.05) is 25.1 Å². The third-order valence-electron chi connectivity index (χ3n) is 7.02. The SMILES string of the molecule is COC(=O)c1ccc(Cn2ccc3c(N4CC(C)N(Cc5ccccc5)C(C)C4)ccnc32)cc1. The lowest BCUT2D eigenvalue weighted by Gasteiger charge is -2.45. The van der Waals surface area contributed by atoms with E-state index in [1.165, 1.54) is 23.7 Å². The first kappa shape index (κ1) is 23.1.